The van der Waals surface area contributed by atoms with Crippen LogP contribution in [0, 0.1) is 0 Å². The van der Waals surface area contributed by atoms with Gasteiger partial charge in [0.1, 0.15) is 25.4 Å². The topological polar surface area (TPSA) is 102 Å². The first-order valence-corrected chi connectivity index (χ1v) is 6.33. The smallest absolute Gasteiger partial charge is 0.333 e. The van der Waals surface area contributed by atoms with Gasteiger partial charge >= 0.3 is 11.9 Å². The van der Waals surface area contributed by atoms with Gasteiger partial charge < -0.3 is 24.4 Å². The monoisotopic (exact) mass is 302 g/mol. The summed E-state index contributed by atoms with van der Waals surface area (Å²) >= 11 is 0. The molecule has 0 aromatic rings. The lowest BCUT2D eigenvalue weighted by Gasteiger charge is -2.19. The summed E-state index contributed by atoms with van der Waals surface area (Å²) in [7, 11) is 0. The Labute approximate surface area is 123 Å². The summed E-state index contributed by atoms with van der Waals surface area (Å²) < 4.78 is 15.0. The molecule has 0 aliphatic rings. The molecule has 0 fully saturated rings. The van der Waals surface area contributed by atoms with Crippen LogP contribution in [0.3, 0.4) is 0 Å². The second kappa shape index (κ2) is 10.1. The molecule has 0 heterocycles. The molecule has 0 bridgehead atoms. The molecule has 0 aliphatic carbocycles. The van der Waals surface area contributed by atoms with Crippen molar-refractivity contribution in [1.82, 2.24) is 0 Å². The molecule has 1 atom stereocenters. The molecule has 0 radical (unpaired) electrons. The maximum Gasteiger partial charge on any atom is 0.333 e. The van der Waals surface area contributed by atoms with E-state index in [4.69, 9.17) is 19.3 Å². The van der Waals surface area contributed by atoms with Gasteiger partial charge in [-0.2, -0.15) is 0 Å². The zero-order chi connectivity index (χ0) is 16.4. The van der Waals surface area contributed by atoms with Crippen molar-refractivity contribution in [3.63, 3.8) is 0 Å². The van der Waals surface area contributed by atoms with E-state index in [-0.39, 0.29) is 31.0 Å². The Morgan fingerprint density at radius 1 is 1.00 bits per heavy atom. The third-order valence-corrected chi connectivity index (χ3v) is 2.23. The summed E-state index contributed by atoms with van der Waals surface area (Å²) in [4.78, 5) is 22.6. The molecular weight excluding hydrogens is 280 g/mol. The van der Waals surface area contributed by atoms with E-state index in [0.717, 1.165) is 0 Å². The average Bonchev–Trinajstić information content (AvgIpc) is 2.44. The Kier molecular flexibility index (Phi) is 9.27. The highest BCUT2D eigenvalue weighted by Crippen LogP contribution is 2.02. The van der Waals surface area contributed by atoms with Crippen LogP contribution >= 0.6 is 0 Å². The lowest BCUT2D eigenvalue weighted by molar-refractivity contribution is -0.152. The van der Waals surface area contributed by atoms with Crippen molar-refractivity contribution >= 4 is 11.9 Å². The van der Waals surface area contributed by atoms with Gasteiger partial charge in [-0.1, -0.05) is 13.2 Å². The molecule has 120 valence electrons. The van der Waals surface area contributed by atoms with Crippen LogP contribution in [0.5, 0.6) is 0 Å². The van der Waals surface area contributed by atoms with Gasteiger partial charge in [-0.3, -0.25) is 0 Å². The summed E-state index contributed by atoms with van der Waals surface area (Å²) in [5.41, 5.74) is 0.450. The number of ether oxygens (including phenoxy) is 3. The highest BCUT2D eigenvalue weighted by atomic mass is 16.6. The fourth-order valence-corrected chi connectivity index (χ4v) is 1.03. The van der Waals surface area contributed by atoms with E-state index < -0.39 is 30.8 Å². The fraction of sp³-hybridized carbons (Fsp3) is 0.571. The lowest BCUT2D eigenvalue weighted by Crippen LogP contribution is -2.32. The number of carbonyl (C=O) groups excluding carboxylic acids is 2. The molecule has 7 nitrogen and oxygen atoms in total. The number of rotatable bonds is 10. The van der Waals surface area contributed by atoms with Gasteiger partial charge in [0, 0.05) is 11.1 Å². The Bertz CT molecular complexity index is 359. The molecule has 0 aliphatic heterocycles. The molecule has 0 spiro atoms. The van der Waals surface area contributed by atoms with E-state index in [0.29, 0.717) is 0 Å². The van der Waals surface area contributed by atoms with Crippen molar-refractivity contribution in [2.24, 2.45) is 0 Å². The zero-order valence-corrected chi connectivity index (χ0v) is 12.3. The van der Waals surface area contributed by atoms with Crippen molar-refractivity contribution in [3.05, 3.63) is 24.3 Å². The number of hydrogen-bond donors (Lipinski definition) is 2. The second-order valence-electron chi connectivity index (χ2n) is 4.55. The van der Waals surface area contributed by atoms with E-state index in [1.165, 1.54) is 13.8 Å². The summed E-state index contributed by atoms with van der Waals surface area (Å²) in [6.45, 7) is 8.86. The molecule has 0 amide bonds. The Balaban J connectivity index is 4.39. The van der Waals surface area contributed by atoms with Crippen LogP contribution in [0.25, 0.3) is 0 Å². The first kappa shape index (κ1) is 19.3. The van der Waals surface area contributed by atoms with Crippen molar-refractivity contribution in [2.75, 3.05) is 26.4 Å². The SMILES string of the molecule is C=C(C)C(=O)OCC(COC(=O)C(=C)C)OCC(O)CO. The fourth-order valence-electron chi connectivity index (χ4n) is 1.03. The van der Waals surface area contributed by atoms with E-state index in [2.05, 4.69) is 13.2 Å². The minimum absolute atomic E-state index is 0.173. The van der Waals surface area contributed by atoms with Crippen molar-refractivity contribution in [2.45, 2.75) is 26.1 Å². The van der Waals surface area contributed by atoms with Crippen LogP contribution in [0.1, 0.15) is 13.8 Å². The predicted octanol–water partition coefficient (Wildman–Crippen LogP) is -0.0366. The van der Waals surface area contributed by atoms with Gasteiger partial charge in [-0.05, 0) is 13.8 Å². The van der Waals surface area contributed by atoms with Gasteiger partial charge in [0.15, 0.2) is 0 Å². The summed E-state index contributed by atoms with van der Waals surface area (Å²) in [6.07, 6.45) is -1.83. The van der Waals surface area contributed by atoms with Crippen molar-refractivity contribution in [1.29, 1.82) is 0 Å². The molecule has 21 heavy (non-hydrogen) atoms. The number of hydrogen-bond acceptors (Lipinski definition) is 7. The molecule has 7 heteroatoms. The number of carbonyl (C=O) groups is 2. The number of aliphatic hydroxyl groups is 2. The minimum Gasteiger partial charge on any atom is -0.459 e. The molecule has 1 unspecified atom stereocenters. The van der Waals surface area contributed by atoms with Crippen LogP contribution in [-0.2, 0) is 23.8 Å². The highest BCUT2D eigenvalue weighted by Gasteiger charge is 2.17. The quantitative estimate of drug-likeness (QED) is 0.431. The van der Waals surface area contributed by atoms with Crippen LogP contribution < -0.4 is 0 Å². The van der Waals surface area contributed by atoms with Crippen LogP contribution in [0.2, 0.25) is 0 Å². The van der Waals surface area contributed by atoms with Gasteiger partial charge in [-0.15, -0.1) is 0 Å². The Morgan fingerprint density at radius 2 is 1.43 bits per heavy atom. The molecule has 0 saturated heterocycles. The highest BCUT2D eigenvalue weighted by molar-refractivity contribution is 5.87. The number of esters is 2. The Morgan fingerprint density at radius 3 is 1.76 bits per heavy atom. The van der Waals surface area contributed by atoms with Gasteiger partial charge in [0.25, 0.3) is 0 Å². The lowest BCUT2D eigenvalue weighted by atomic mass is 10.3. The summed E-state index contributed by atoms with van der Waals surface area (Å²) in [6, 6.07) is 0. The second-order valence-corrected chi connectivity index (χ2v) is 4.55. The maximum absolute atomic E-state index is 11.3. The van der Waals surface area contributed by atoms with E-state index in [9.17, 15) is 14.7 Å². The average molecular weight is 302 g/mol. The Hall–Kier alpha value is -1.70. The molecular formula is C14H22O7. The third kappa shape index (κ3) is 8.96. The first-order valence-electron chi connectivity index (χ1n) is 6.33. The van der Waals surface area contributed by atoms with E-state index in [1.807, 2.05) is 0 Å². The zero-order valence-electron chi connectivity index (χ0n) is 12.3. The largest absolute Gasteiger partial charge is 0.459 e. The van der Waals surface area contributed by atoms with E-state index in [1.54, 1.807) is 0 Å². The molecule has 2 N–H and O–H groups in total. The molecule has 0 rings (SSSR count). The first-order chi connectivity index (χ1) is 9.77. The summed E-state index contributed by atoms with van der Waals surface area (Å²) in [5, 5.41) is 17.9. The standard InChI is InChI=1S/C14H22O7/c1-9(2)13(17)20-7-12(19-6-11(16)5-15)8-21-14(18)10(3)4/h11-12,15-16H,1,3,5-8H2,2,4H3. The van der Waals surface area contributed by atoms with Crippen LogP contribution in [0.4, 0.5) is 0 Å². The normalized spacial score (nSPS) is 11.9. The van der Waals surface area contributed by atoms with Crippen LogP contribution in [-0.4, -0.2) is 60.8 Å². The van der Waals surface area contributed by atoms with Gasteiger partial charge in [0.2, 0.25) is 0 Å². The maximum atomic E-state index is 11.3. The molecule has 0 saturated carbocycles. The van der Waals surface area contributed by atoms with Crippen molar-refractivity contribution in [3.8, 4) is 0 Å². The van der Waals surface area contributed by atoms with E-state index >= 15 is 0 Å². The van der Waals surface area contributed by atoms with Gasteiger partial charge in [-0.25, -0.2) is 9.59 Å². The van der Waals surface area contributed by atoms with Crippen LogP contribution in [0.15, 0.2) is 24.3 Å². The number of aliphatic hydroxyl groups excluding tert-OH is 2. The summed E-state index contributed by atoms with van der Waals surface area (Å²) in [5.74, 6) is -1.20. The minimum atomic E-state index is -1.07. The van der Waals surface area contributed by atoms with Gasteiger partial charge in [0.05, 0.1) is 13.2 Å². The predicted molar refractivity (Wildman–Crippen MR) is 74.4 cm³/mol. The molecule has 0 aromatic heterocycles. The molecule has 0 aromatic carbocycles. The van der Waals surface area contributed by atoms with Crippen molar-refractivity contribution < 1.29 is 34.0 Å². The third-order valence-electron chi connectivity index (χ3n) is 2.23.